The van der Waals surface area contributed by atoms with Crippen molar-refractivity contribution in [1.82, 2.24) is 0 Å². The predicted octanol–water partition coefficient (Wildman–Crippen LogP) is 4.84. The van der Waals surface area contributed by atoms with Crippen LogP contribution >= 0.6 is 11.6 Å². The molecule has 0 aromatic heterocycles. The van der Waals surface area contributed by atoms with E-state index in [1.807, 2.05) is 0 Å². The van der Waals surface area contributed by atoms with Crippen molar-refractivity contribution in [2.24, 2.45) is 0 Å². The minimum atomic E-state index is -4.56. The van der Waals surface area contributed by atoms with Crippen LogP contribution in [0.3, 0.4) is 0 Å². The van der Waals surface area contributed by atoms with Crippen molar-refractivity contribution < 1.29 is 18.0 Å². The smallest absolute Gasteiger partial charge is 0.298 e. The normalized spacial score (nSPS) is 11.4. The van der Waals surface area contributed by atoms with Gasteiger partial charge < -0.3 is 0 Å². The first-order valence-electron chi connectivity index (χ1n) is 5.34. The van der Waals surface area contributed by atoms with Gasteiger partial charge in [-0.25, -0.2) is 0 Å². The van der Waals surface area contributed by atoms with Crippen LogP contribution in [0.4, 0.5) is 13.2 Å². The maximum absolute atomic E-state index is 12.8. The first-order valence-corrected chi connectivity index (χ1v) is 5.72. The molecule has 0 saturated heterocycles. The molecule has 2 rings (SSSR count). The second kappa shape index (κ2) is 5.05. The van der Waals surface area contributed by atoms with Gasteiger partial charge in [0.25, 0.3) is 0 Å². The van der Waals surface area contributed by atoms with Crippen LogP contribution in [0.5, 0.6) is 0 Å². The Hall–Kier alpha value is -1.81. The van der Waals surface area contributed by atoms with Gasteiger partial charge in [-0.3, -0.25) is 4.79 Å². The minimum absolute atomic E-state index is 0.203. The summed E-state index contributed by atoms with van der Waals surface area (Å²) in [4.78, 5) is 10.6. The molecule has 5 heteroatoms. The Morgan fingerprint density at radius 1 is 0.947 bits per heavy atom. The standard InChI is InChI=1S/C14H8ClF3O/c15-12-5-3-9(4-6-12)10-1-2-11(8-19)13(7-10)14(16,17)18/h1-8H. The molecule has 2 aromatic carbocycles. The molecule has 2 aromatic rings. The first-order chi connectivity index (χ1) is 8.91. The molecule has 0 aliphatic rings. The number of alkyl halides is 3. The summed E-state index contributed by atoms with van der Waals surface area (Å²) in [5.74, 6) is 0. The predicted molar refractivity (Wildman–Crippen MR) is 67.3 cm³/mol. The highest BCUT2D eigenvalue weighted by Crippen LogP contribution is 2.34. The maximum atomic E-state index is 12.8. The molecule has 19 heavy (non-hydrogen) atoms. The van der Waals surface area contributed by atoms with Crippen molar-refractivity contribution in [2.75, 3.05) is 0 Å². The monoisotopic (exact) mass is 284 g/mol. The van der Waals surface area contributed by atoms with Crippen molar-refractivity contribution in [3.05, 3.63) is 58.6 Å². The Bertz CT molecular complexity index is 603. The molecular formula is C14H8ClF3O. The van der Waals surface area contributed by atoms with Gasteiger partial charge >= 0.3 is 6.18 Å². The van der Waals surface area contributed by atoms with Crippen LogP contribution in [-0.4, -0.2) is 6.29 Å². The molecule has 0 heterocycles. The summed E-state index contributed by atoms with van der Waals surface area (Å²) >= 11 is 5.72. The van der Waals surface area contributed by atoms with E-state index in [4.69, 9.17) is 11.6 Å². The van der Waals surface area contributed by atoms with Crippen LogP contribution in [0.15, 0.2) is 42.5 Å². The first kappa shape index (κ1) is 13.6. The molecule has 1 nitrogen and oxygen atoms in total. The molecule has 0 fully saturated rings. The summed E-state index contributed by atoms with van der Waals surface area (Å²) in [7, 11) is 0. The third-order valence-electron chi connectivity index (χ3n) is 2.66. The number of benzene rings is 2. The number of aldehydes is 1. The lowest BCUT2D eigenvalue weighted by Gasteiger charge is -2.11. The second-order valence-corrected chi connectivity index (χ2v) is 4.36. The summed E-state index contributed by atoms with van der Waals surface area (Å²) < 4.78 is 38.4. The van der Waals surface area contributed by atoms with E-state index in [-0.39, 0.29) is 11.8 Å². The fraction of sp³-hybridized carbons (Fsp3) is 0.0714. The zero-order valence-corrected chi connectivity index (χ0v) is 10.3. The highest BCUT2D eigenvalue weighted by molar-refractivity contribution is 6.30. The van der Waals surface area contributed by atoms with Crippen LogP contribution in [0, 0.1) is 0 Å². The summed E-state index contributed by atoms with van der Waals surface area (Å²) in [5, 5.41) is 0.504. The van der Waals surface area contributed by atoms with Gasteiger partial charge in [0.15, 0.2) is 6.29 Å². The average molecular weight is 285 g/mol. The van der Waals surface area contributed by atoms with E-state index in [9.17, 15) is 18.0 Å². The number of hydrogen-bond acceptors (Lipinski definition) is 1. The van der Waals surface area contributed by atoms with Gasteiger partial charge in [-0.2, -0.15) is 13.2 Å². The average Bonchev–Trinajstić information content (AvgIpc) is 2.38. The van der Waals surface area contributed by atoms with Crippen LogP contribution in [0.25, 0.3) is 11.1 Å². The Balaban J connectivity index is 2.55. The van der Waals surface area contributed by atoms with E-state index < -0.39 is 11.7 Å². The molecular weight excluding hydrogens is 277 g/mol. The third-order valence-corrected chi connectivity index (χ3v) is 2.92. The van der Waals surface area contributed by atoms with Gasteiger partial charge in [-0.1, -0.05) is 35.9 Å². The Morgan fingerprint density at radius 3 is 2.05 bits per heavy atom. The molecule has 0 aliphatic heterocycles. The van der Waals surface area contributed by atoms with E-state index in [1.165, 1.54) is 12.1 Å². The van der Waals surface area contributed by atoms with Gasteiger partial charge in [0.1, 0.15) is 0 Å². The highest BCUT2D eigenvalue weighted by atomic mass is 35.5. The minimum Gasteiger partial charge on any atom is -0.298 e. The quantitative estimate of drug-likeness (QED) is 0.721. The van der Waals surface area contributed by atoms with Crippen molar-refractivity contribution >= 4 is 17.9 Å². The Morgan fingerprint density at radius 2 is 1.53 bits per heavy atom. The van der Waals surface area contributed by atoms with E-state index >= 15 is 0 Å². The molecule has 0 bridgehead atoms. The molecule has 0 unspecified atom stereocenters. The Kier molecular flexibility index (Phi) is 3.62. The van der Waals surface area contributed by atoms with E-state index in [1.54, 1.807) is 24.3 Å². The van der Waals surface area contributed by atoms with Gasteiger partial charge in [-0.05, 0) is 29.3 Å². The molecule has 0 spiro atoms. The molecule has 0 saturated carbocycles. The van der Waals surface area contributed by atoms with Crippen LogP contribution < -0.4 is 0 Å². The van der Waals surface area contributed by atoms with E-state index in [2.05, 4.69) is 0 Å². The highest BCUT2D eigenvalue weighted by Gasteiger charge is 2.33. The molecule has 0 atom stereocenters. The van der Waals surface area contributed by atoms with Gasteiger partial charge in [0.2, 0.25) is 0 Å². The SMILES string of the molecule is O=Cc1ccc(-c2ccc(Cl)cc2)cc1C(F)(F)F. The topological polar surface area (TPSA) is 17.1 Å². The lowest BCUT2D eigenvalue weighted by molar-refractivity contribution is -0.137. The third kappa shape index (κ3) is 2.96. The van der Waals surface area contributed by atoms with Crippen molar-refractivity contribution in [3.63, 3.8) is 0 Å². The maximum Gasteiger partial charge on any atom is 0.417 e. The number of halogens is 4. The van der Waals surface area contributed by atoms with Crippen molar-refractivity contribution in [1.29, 1.82) is 0 Å². The molecule has 0 radical (unpaired) electrons. The molecule has 0 N–H and O–H groups in total. The number of carbonyl (C=O) groups excluding carboxylic acids is 1. The fourth-order valence-corrected chi connectivity index (χ4v) is 1.85. The largest absolute Gasteiger partial charge is 0.417 e. The zero-order valence-electron chi connectivity index (χ0n) is 9.54. The van der Waals surface area contributed by atoms with Gasteiger partial charge in [-0.15, -0.1) is 0 Å². The zero-order chi connectivity index (χ0) is 14.0. The van der Waals surface area contributed by atoms with Crippen molar-refractivity contribution in [3.8, 4) is 11.1 Å². The van der Waals surface area contributed by atoms with Gasteiger partial charge in [0.05, 0.1) is 5.56 Å². The summed E-state index contributed by atoms with van der Waals surface area (Å²) in [5.41, 5.74) is -0.317. The lowest BCUT2D eigenvalue weighted by atomic mass is 9.99. The molecule has 0 aliphatic carbocycles. The van der Waals surface area contributed by atoms with Crippen LogP contribution in [0.1, 0.15) is 15.9 Å². The fourth-order valence-electron chi connectivity index (χ4n) is 1.73. The second-order valence-electron chi connectivity index (χ2n) is 3.92. The summed E-state index contributed by atoms with van der Waals surface area (Å²) in [6.07, 6.45) is -4.35. The van der Waals surface area contributed by atoms with Crippen molar-refractivity contribution in [2.45, 2.75) is 6.18 Å². The van der Waals surface area contributed by atoms with E-state index in [0.29, 0.717) is 16.1 Å². The lowest BCUT2D eigenvalue weighted by Crippen LogP contribution is -2.09. The van der Waals surface area contributed by atoms with Gasteiger partial charge in [0, 0.05) is 10.6 Å². The van der Waals surface area contributed by atoms with E-state index in [0.717, 1.165) is 6.07 Å². The number of rotatable bonds is 2. The molecule has 98 valence electrons. The molecule has 0 amide bonds. The Labute approximate surface area is 112 Å². The summed E-state index contributed by atoms with van der Waals surface area (Å²) in [6.45, 7) is 0. The van der Waals surface area contributed by atoms with Crippen LogP contribution in [0.2, 0.25) is 5.02 Å². The number of carbonyl (C=O) groups is 1. The number of hydrogen-bond donors (Lipinski definition) is 0. The summed E-state index contributed by atoms with van der Waals surface area (Å²) in [6, 6.07) is 10.0. The van der Waals surface area contributed by atoms with Crippen LogP contribution in [-0.2, 0) is 6.18 Å².